The van der Waals surface area contributed by atoms with Crippen molar-refractivity contribution in [2.75, 3.05) is 0 Å². The maximum atomic E-state index is 12.6. The Morgan fingerprint density at radius 3 is 2.48 bits per heavy atom. The Labute approximate surface area is 183 Å². The Morgan fingerprint density at radius 1 is 1.22 bits per heavy atom. The molecule has 27 heavy (non-hydrogen) atoms. The van der Waals surface area contributed by atoms with E-state index >= 15 is 0 Å². The van der Waals surface area contributed by atoms with Crippen LogP contribution in [-0.4, -0.2) is 12.1 Å². The predicted molar refractivity (Wildman–Crippen MR) is 108 cm³/mol. The highest BCUT2D eigenvalue weighted by molar-refractivity contribution is 6.51. The van der Waals surface area contributed by atoms with Gasteiger partial charge in [0.05, 0.1) is 27.1 Å². The van der Waals surface area contributed by atoms with Gasteiger partial charge in [0.2, 0.25) is 0 Å². The SMILES string of the molecule is CC1(C)C(=CNOC2CCC2)[C@H]1C(=O)OC(Cl)(Cl)c1ccc(Cl)c(Cl)c1Cl. The first-order valence-corrected chi connectivity index (χ1v) is 10.3. The molecule has 3 rings (SSSR count). The van der Waals surface area contributed by atoms with E-state index in [1.54, 1.807) is 6.20 Å². The molecule has 0 bridgehead atoms. The second-order valence-corrected chi connectivity index (χ2v) is 9.62. The van der Waals surface area contributed by atoms with E-state index in [4.69, 9.17) is 67.6 Å². The van der Waals surface area contributed by atoms with Crippen LogP contribution < -0.4 is 5.48 Å². The fourth-order valence-corrected chi connectivity index (χ4v) is 4.18. The lowest BCUT2D eigenvalue weighted by Gasteiger charge is -2.24. The summed E-state index contributed by atoms with van der Waals surface area (Å²) < 4.78 is 3.35. The number of nitrogens with one attached hydrogen (secondary N) is 1. The van der Waals surface area contributed by atoms with Crippen LogP contribution >= 0.6 is 58.0 Å². The van der Waals surface area contributed by atoms with Crippen molar-refractivity contribution in [2.24, 2.45) is 11.3 Å². The van der Waals surface area contributed by atoms with Crippen LogP contribution in [0.4, 0.5) is 0 Å². The molecule has 148 valence electrons. The third-order valence-electron chi connectivity index (χ3n) is 5.01. The Kier molecular flexibility index (Phi) is 6.18. The molecule has 0 amide bonds. The number of hydrogen-bond donors (Lipinski definition) is 1. The zero-order chi connectivity index (χ0) is 20.0. The average molecular weight is 474 g/mol. The van der Waals surface area contributed by atoms with Gasteiger partial charge in [0, 0.05) is 17.2 Å². The van der Waals surface area contributed by atoms with Gasteiger partial charge in [-0.2, -0.15) is 0 Å². The molecule has 2 aliphatic carbocycles. The first kappa shape index (κ1) is 21.4. The number of hydrogen-bond acceptors (Lipinski definition) is 4. The lowest BCUT2D eigenvalue weighted by atomic mass is 9.97. The normalized spacial score (nSPS) is 23.1. The molecule has 1 aromatic rings. The molecule has 0 spiro atoms. The summed E-state index contributed by atoms with van der Waals surface area (Å²) >= 11 is 30.6. The minimum absolute atomic E-state index is 0.0309. The van der Waals surface area contributed by atoms with E-state index in [-0.39, 0.29) is 26.7 Å². The number of rotatable bonds is 6. The van der Waals surface area contributed by atoms with E-state index in [0.717, 1.165) is 18.4 Å². The van der Waals surface area contributed by atoms with Gasteiger partial charge in [0.25, 0.3) is 4.52 Å². The van der Waals surface area contributed by atoms with Crippen LogP contribution in [0.15, 0.2) is 23.9 Å². The van der Waals surface area contributed by atoms with Crippen molar-refractivity contribution in [1.82, 2.24) is 5.48 Å². The molecule has 0 heterocycles. The second kappa shape index (κ2) is 7.81. The van der Waals surface area contributed by atoms with E-state index in [0.29, 0.717) is 0 Å². The van der Waals surface area contributed by atoms with Gasteiger partial charge < -0.3 is 4.74 Å². The van der Waals surface area contributed by atoms with Crippen molar-refractivity contribution in [1.29, 1.82) is 0 Å². The molecule has 1 N–H and O–H groups in total. The molecule has 0 aromatic heterocycles. The van der Waals surface area contributed by atoms with Gasteiger partial charge in [-0.25, -0.2) is 0 Å². The van der Waals surface area contributed by atoms with Gasteiger partial charge in [-0.05, 0) is 37.0 Å². The molecule has 0 aliphatic heterocycles. The average Bonchev–Trinajstić information content (AvgIpc) is 3.07. The summed E-state index contributed by atoms with van der Waals surface area (Å²) in [5.41, 5.74) is 3.42. The van der Waals surface area contributed by atoms with E-state index in [2.05, 4.69) is 5.48 Å². The zero-order valence-electron chi connectivity index (χ0n) is 14.6. The lowest BCUT2D eigenvalue weighted by Crippen LogP contribution is -2.26. The van der Waals surface area contributed by atoms with Crippen molar-refractivity contribution in [3.05, 3.63) is 44.5 Å². The molecule has 1 atom stereocenters. The molecular weight excluding hydrogens is 455 g/mol. The number of esters is 1. The van der Waals surface area contributed by atoms with Crippen molar-refractivity contribution < 1.29 is 14.4 Å². The number of alkyl halides is 2. The van der Waals surface area contributed by atoms with Gasteiger partial charge in [0.15, 0.2) is 0 Å². The number of hydroxylamine groups is 1. The smallest absolute Gasteiger partial charge is 0.316 e. The first-order valence-electron chi connectivity index (χ1n) is 8.42. The molecule has 4 nitrogen and oxygen atoms in total. The lowest BCUT2D eigenvalue weighted by molar-refractivity contribution is -0.150. The molecular formula is C18H18Cl5NO3. The fraction of sp³-hybridized carbons (Fsp3) is 0.500. The molecule has 2 saturated carbocycles. The summed E-state index contributed by atoms with van der Waals surface area (Å²) in [7, 11) is 0. The Morgan fingerprint density at radius 2 is 1.89 bits per heavy atom. The maximum Gasteiger partial charge on any atom is 0.316 e. The highest BCUT2D eigenvalue weighted by atomic mass is 35.5. The van der Waals surface area contributed by atoms with Gasteiger partial charge in [-0.1, -0.05) is 71.9 Å². The topological polar surface area (TPSA) is 47.6 Å². The first-order chi connectivity index (χ1) is 12.6. The van der Waals surface area contributed by atoms with Crippen LogP contribution in [0.3, 0.4) is 0 Å². The highest BCUT2D eigenvalue weighted by Crippen LogP contribution is 2.59. The van der Waals surface area contributed by atoms with Crippen molar-refractivity contribution in [3.63, 3.8) is 0 Å². The summed E-state index contributed by atoms with van der Waals surface area (Å²) in [5.74, 6) is -1.06. The molecule has 0 radical (unpaired) electrons. The number of ether oxygens (including phenoxy) is 1. The zero-order valence-corrected chi connectivity index (χ0v) is 18.4. The van der Waals surface area contributed by atoms with Crippen molar-refractivity contribution in [3.8, 4) is 0 Å². The third kappa shape index (κ3) is 4.31. The van der Waals surface area contributed by atoms with Gasteiger partial charge in [-0.3, -0.25) is 15.1 Å². The van der Waals surface area contributed by atoms with Crippen LogP contribution in [0, 0.1) is 11.3 Å². The largest absolute Gasteiger partial charge is 0.424 e. The summed E-state index contributed by atoms with van der Waals surface area (Å²) in [6.45, 7) is 3.85. The van der Waals surface area contributed by atoms with Gasteiger partial charge in [0.1, 0.15) is 0 Å². The van der Waals surface area contributed by atoms with Crippen molar-refractivity contribution in [2.45, 2.75) is 43.7 Å². The van der Waals surface area contributed by atoms with E-state index in [9.17, 15) is 4.79 Å². The molecule has 1 aromatic carbocycles. The number of halogens is 5. The van der Waals surface area contributed by atoms with Crippen LogP contribution in [0.25, 0.3) is 0 Å². The Hall–Kier alpha value is -0.360. The molecule has 0 saturated heterocycles. The molecule has 9 heteroatoms. The second-order valence-electron chi connectivity index (χ2n) is 7.20. The summed E-state index contributed by atoms with van der Waals surface area (Å²) in [4.78, 5) is 18.1. The minimum Gasteiger partial charge on any atom is -0.424 e. The van der Waals surface area contributed by atoms with Crippen LogP contribution in [0.5, 0.6) is 0 Å². The fourth-order valence-electron chi connectivity index (χ4n) is 2.94. The van der Waals surface area contributed by atoms with Gasteiger partial charge >= 0.3 is 5.97 Å². The Balaban J connectivity index is 1.68. The van der Waals surface area contributed by atoms with Crippen LogP contribution in [-0.2, 0) is 18.9 Å². The Bertz CT molecular complexity index is 789. The third-order valence-corrected chi connectivity index (χ3v) is 6.86. The monoisotopic (exact) mass is 471 g/mol. The van der Waals surface area contributed by atoms with E-state index in [1.165, 1.54) is 18.6 Å². The summed E-state index contributed by atoms with van der Waals surface area (Å²) in [5, 5.41) is 0.359. The number of carbonyl (C=O) groups is 1. The maximum absolute atomic E-state index is 12.6. The molecule has 2 fully saturated rings. The molecule has 0 unspecified atom stereocenters. The van der Waals surface area contributed by atoms with Crippen LogP contribution in [0.2, 0.25) is 15.1 Å². The predicted octanol–water partition coefficient (Wildman–Crippen LogP) is 6.39. The van der Waals surface area contributed by atoms with Gasteiger partial charge in [-0.15, -0.1) is 0 Å². The number of benzene rings is 1. The number of carbonyl (C=O) groups excluding carboxylic acids is 1. The van der Waals surface area contributed by atoms with E-state index < -0.39 is 21.8 Å². The standard InChI is InChI=1S/C18H18Cl5NO3/c1-17(2)11(8-24-27-9-4-3-5-9)13(17)16(25)26-18(22,23)10-6-7-12(19)15(21)14(10)20/h6-9,13,24H,3-5H2,1-2H3/t13-/m0/s1. The summed E-state index contributed by atoms with van der Waals surface area (Å²) in [6.07, 6.45) is 5.17. The molecule has 2 aliphatic rings. The highest BCUT2D eigenvalue weighted by Gasteiger charge is 2.59. The quantitative estimate of drug-likeness (QED) is 0.225. The van der Waals surface area contributed by atoms with Crippen molar-refractivity contribution >= 4 is 64.0 Å². The van der Waals surface area contributed by atoms with Crippen LogP contribution in [0.1, 0.15) is 38.7 Å². The minimum atomic E-state index is -2.00. The van der Waals surface area contributed by atoms with E-state index in [1.807, 2.05) is 13.8 Å². The summed E-state index contributed by atoms with van der Waals surface area (Å²) in [6, 6.07) is 2.94.